The highest BCUT2D eigenvalue weighted by Gasteiger charge is 2.59. The third kappa shape index (κ3) is 4.57. The third-order valence-electron chi connectivity index (χ3n) is 3.64. The van der Waals surface area contributed by atoms with Crippen molar-refractivity contribution in [1.82, 2.24) is 0 Å². The molecule has 0 heterocycles. The van der Waals surface area contributed by atoms with Gasteiger partial charge in [0.25, 0.3) is 0 Å². The zero-order valence-electron chi connectivity index (χ0n) is 14.1. The summed E-state index contributed by atoms with van der Waals surface area (Å²) >= 11 is 5.57. The van der Waals surface area contributed by atoms with Crippen molar-refractivity contribution < 1.29 is 14.2 Å². The number of alkyl halides is 1. The van der Waals surface area contributed by atoms with Gasteiger partial charge in [-0.25, -0.2) is 0 Å². The molecule has 7 nitrogen and oxygen atoms in total. The van der Waals surface area contributed by atoms with Crippen LogP contribution in [-0.2, 0) is 14.2 Å². The molecule has 1 unspecified atom stereocenters. The highest BCUT2D eigenvalue weighted by atomic mass is 35.5. The summed E-state index contributed by atoms with van der Waals surface area (Å²) in [4.78, 5) is 0. The van der Waals surface area contributed by atoms with Gasteiger partial charge in [-0.15, -0.1) is 11.6 Å². The minimum Gasteiger partial charge on any atom is -0.374 e. The highest BCUT2D eigenvalue weighted by Crippen LogP contribution is 2.46. The van der Waals surface area contributed by atoms with Crippen LogP contribution in [0.1, 0.15) is 27.2 Å². The predicted molar refractivity (Wildman–Crippen MR) is 85.1 cm³/mol. The van der Waals surface area contributed by atoms with E-state index in [0.717, 1.165) is 0 Å². The zero-order chi connectivity index (χ0) is 18.6. The van der Waals surface area contributed by atoms with E-state index in [1.165, 1.54) is 6.92 Å². The minimum atomic E-state index is -2.02. The molecule has 0 saturated carbocycles. The molecular weight excluding hydrogens is 332 g/mol. The summed E-state index contributed by atoms with van der Waals surface area (Å²) in [5, 5.41) is 38.6. The Bertz CT molecular complexity index is 522. The van der Waals surface area contributed by atoms with Crippen LogP contribution in [0.5, 0.6) is 0 Å². The Balaban J connectivity index is 5.95. The maximum Gasteiger partial charge on any atom is 0.201 e. The molecule has 0 bridgehead atoms. The summed E-state index contributed by atoms with van der Waals surface area (Å²) in [5.74, 6) is 0.157. The predicted octanol–water partition coefficient (Wildman–Crippen LogP) is 2.49. The molecule has 0 spiro atoms. The largest absolute Gasteiger partial charge is 0.374 e. The molecule has 0 aromatic rings. The molecule has 0 aliphatic carbocycles. The van der Waals surface area contributed by atoms with Crippen molar-refractivity contribution in [2.45, 2.75) is 39.6 Å². The summed E-state index contributed by atoms with van der Waals surface area (Å²) in [5.41, 5.74) is -4.01. The van der Waals surface area contributed by atoms with E-state index in [1.807, 2.05) is 24.3 Å². The van der Waals surface area contributed by atoms with Crippen LogP contribution < -0.4 is 0 Å². The van der Waals surface area contributed by atoms with Crippen molar-refractivity contribution in [2.24, 2.45) is 10.8 Å². The second kappa shape index (κ2) is 10.8. The van der Waals surface area contributed by atoms with E-state index >= 15 is 0 Å². The molecule has 0 aliphatic heterocycles. The molecule has 1 atom stereocenters. The molecule has 0 amide bonds. The van der Waals surface area contributed by atoms with Gasteiger partial charge in [0.15, 0.2) is 11.7 Å². The fraction of sp³-hybridized carbons (Fsp3) is 0.750. The van der Waals surface area contributed by atoms with Crippen LogP contribution >= 0.6 is 11.6 Å². The topological polar surface area (TPSA) is 123 Å². The van der Waals surface area contributed by atoms with Crippen molar-refractivity contribution in [3.8, 4) is 24.3 Å². The molecule has 0 N–H and O–H groups in total. The van der Waals surface area contributed by atoms with Crippen LogP contribution in [0.25, 0.3) is 0 Å². The first-order valence-corrected chi connectivity index (χ1v) is 8.06. The van der Waals surface area contributed by atoms with Crippen LogP contribution in [0, 0.1) is 56.2 Å². The van der Waals surface area contributed by atoms with Gasteiger partial charge in [0.2, 0.25) is 5.41 Å². The molecule has 0 aromatic carbocycles. The number of rotatable bonds is 11. The molecule has 0 aliphatic rings. The van der Waals surface area contributed by atoms with E-state index in [2.05, 4.69) is 0 Å². The Hall–Kier alpha value is -1.87. The van der Waals surface area contributed by atoms with Gasteiger partial charge in [-0.05, 0) is 20.8 Å². The summed E-state index contributed by atoms with van der Waals surface area (Å²) < 4.78 is 16.2. The number of ether oxygens (including phenoxy) is 3. The van der Waals surface area contributed by atoms with Gasteiger partial charge in [-0.1, -0.05) is 0 Å². The van der Waals surface area contributed by atoms with Gasteiger partial charge in [-0.3, -0.25) is 0 Å². The lowest BCUT2D eigenvalue weighted by Gasteiger charge is -2.37. The van der Waals surface area contributed by atoms with E-state index in [4.69, 9.17) is 25.8 Å². The summed E-state index contributed by atoms with van der Waals surface area (Å²) in [6.07, 6.45) is -2.15. The third-order valence-corrected chi connectivity index (χ3v) is 3.79. The maximum atomic E-state index is 9.67. The minimum absolute atomic E-state index is 0.0844. The fourth-order valence-electron chi connectivity index (χ4n) is 2.33. The summed E-state index contributed by atoms with van der Waals surface area (Å²) in [6.45, 7) is 5.62. The monoisotopic (exact) mass is 352 g/mol. The molecule has 0 fully saturated rings. The van der Waals surface area contributed by atoms with Crippen molar-refractivity contribution in [1.29, 1.82) is 21.0 Å². The molecule has 8 heteroatoms. The van der Waals surface area contributed by atoms with Gasteiger partial charge < -0.3 is 14.2 Å². The lowest BCUT2D eigenvalue weighted by atomic mass is 9.61. The maximum absolute atomic E-state index is 9.67. The lowest BCUT2D eigenvalue weighted by Crippen LogP contribution is -2.49. The number of halogens is 1. The number of hydrogen-bond donors (Lipinski definition) is 0. The molecule has 0 radical (unpaired) electrons. The fourth-order valence-corrected chi connectivity index (χ4v) is 2.42. The molecule has 24 heavy (non-hydrogen) atoms. The van der Waals surface area contributed by atoms with Gasteiger partial charge in [0.05, 0.1) is 37.0 Å². The van der Waals surface area contributed by atoms with Crippen molar-refractivity contribution >= 4 is 11.6 Å². The number of hydrogen-bond acceptors (Lipinski definition) is 7. The normalized spacial score (nSPS) is 12.7. The smallest absolute Gasteiger partial charge is 0.201 e. The van der Waals surface area contributed by atoms with Gasteiger partial charge in [0.1, 0.15) is 0 Å². The van der Waals surface area contributed by atoms with Crippen LogP contribution in [0.3, 0.4) is 0 Å². The average Bonchev–Trinajstić information content (AvgIpc) is 2.60. The Morgan fingerprint density at radius 2 is 1.42 bits per heavy atom. The average molecular weight is 353 g/mol. The second-order valence-electron chi connectivity index (χ2n) is 4.91. The van der Waals surface area contributed by atoms with E-state index in [1.54, 1.807) is 13.8 Å². The lowest BCUT2D eigenvalue weighted by molar-refractivity contribution is -0.155. The van der Waals surface area contributed by atoms with Gasteiger partial charge in [-0.2, -0.15) is 21.0 Å². The summed E-state index contributed by atoms with van der Waals surface area (Å²) in [6, 6.07) is 7.31. The SMILES string of the molecule is CCOC(CC(C#N)(C#N)C(C#N)(C#N)C(C)OCCCl)OCC. The molecule has 0 saturated heterocycles. The van der Waals surface area contributed by atoms with Crippen LogP contribution in [0.15, 0.2) is 0 Å². The van der Waals surface area contributed by atoms with Gasteiger partial charge >= 0.3 is 0 Å². The quantitative estimate of drug-likeness (QED) is 0.413. The first-order valence-electron chi connectivity index (χ1n) is 7.53. The number of nitrogens with zero attached hydrogens (tertiary/aromatic N) is 4. The van der Waals surface area contributed by atoms with Crippen molar-refractivity contribution in [3.05, 3.63) is 0 Å². The summed E-state index contributed by atoms with van der Waals surface area (Å²) in [7, 11) is 0. The first-order chi connectivity index (χ1) is 11.5. The Morgan fingerprint density at radius 3 is 1.75 bits per heavy atom. The molecule has 130 valence electrons. The highest BCUT2D eigenvalue weighted by molar-refractivity contribution is 6.17. The first kappa shape index (κ1) is 22.1. The van der Waals surface area contributed by atoms with Crippen LogP contribution in [0.2, 0.25) is 0 Å². The van der Waals surface area contributed by atoms with E-state index < -0.39 is 23.2 Å². The molecule has 0 aromatic heterocycles. The number of nitriles is 4. The van der Waals surface area contributed by atoms with E-state index in [-0.39, 0.29) is 18.9 Å². The van der Waals surface area contributed by atoms with Crippen molar-refractivity contribution in [3.63, 3.8) is 0 Å². The molecular formula is C16H21ClN4O3. The standard InChI is InChI=1S/C16H21ClN4O3/c1-4-22-14(23-5-2)8-15(9-18,10-19)16(11-20,12-21)13(3)24-7-6-17/h13-14H,4-8H2,1-3H3. The van der Waals surface area contributed by atoms with Crippen molar-refractivity contribution in [2.75, 3.05) is 25.7 Å². The van der Waals surface area contributed by atoms with Crippen LogP contribution in [0.4, 0.5) is 0 Å². The van der Waals surface area contributed by atoms with E-state index in [9.17, 15) is 21.0 Å². The zero-order valence-corrected chi connectivity index (χ0v) is 14.8. The second-order valence-corrected chi connectivity index (χ2v) is 5.28. The Morgan fingerprint density at radius 1 is 0.917 bits per heavy atom. The van der Waals surface area contributed by atoms with Crippen LogP contribution in [-0.4, -0.2) is 38.1 Å². The Labute approximate surface area is 147 Å². The van der Waals surface area contributed by atoms with Gasteiger partial charge in [0, 0.05) is 25.5 Å². The molecule has 0 rings (SSSR count). The Kier molecular flexibility index (Phi) is 9.98. The van der Waals surface area contributed by atoms with E-state index in [0.29, 0.717) is 13.2 Å².